The number of carbonyl (C=O) groups excluding carboxylic acids is 1. The van der Waals surface area contributed by atoms with Crippen LogP contribution in [0.1, 0.15) is 31.3 Å². The van der Waals surface area contributed by atoms with Gasteiger partial charge in [-0.05, 0) is 41.0 Å². The van der Waals surface area contributed by atoms with Gasteiger partial charge in [0.25, 0.3) is 0 Å². The van der Waals surface area contributed by atoms with E-state index in [1.807, 2.05) is 23.1 Å². The Morgan fingerprint density at radius 1 is 1.07 bits per heavy atom. The number of carbonyl (C=O) groups is 1. The van der Waals surface area contributed by atoms with Crippen molar-refractivity contribution in [3.05, 3.63) is 66.0 Å². The molecule has 2 fully saturated rings. The van der Waals surface area contributed by atoms with Gasteiger partial charge in [0.15, 0.2) is 5.82 Å². The average molecular weight is 407 g/mol. The zero-order chi connectivity index (χ0) is 20.2. The van der Waals surface area contributed by atoms with Crippen molar-refractivity contribution in [2.45, 2.75) is 42.6 Å². The predicted octanol–water partition coefficient (Wildman–Crippen LogP) is 2.45. The lowest BCUT2D eigenvalue weighted by Crippen LogP contribution is -2.65. The van der Waals surface area contributed by atoms with Gasteiger partial charge < -0.3 is 10.6 Å². The number of benzene rings is 2. The number of hydrogen-bond acceptors (Lipinski definition) is 6. The van der Waals surface area contributed by atoms with Gasteiger partial charge in [0.1, 0.15) is 17.5 Å². The number of β-lactam (4-membered cyclic amide) rings is 1. The van der Waals surface area contributed by atoms with E-state index < -0.39 is 6.04 Å². The lowest BCUT2D eigenvalue weighted by molar-refractivity contribution is -0.147. The van der Waals surface area contributed by atoms with Crippen molar-refractivity contribution >= 4 is 17.7 Å². The van der Waals surface area contributed by atoms with Crippen LogP contribution in [0.2, 0.25) is 0 Å². The number of nitrogens with zero attached hydrogens (tertiary/aromatic N) is 5. The molecule has 1 amide bonds. The van der Waals surface area contributed by atoms with E-state index in [1.54, 1.807) is 16.4 Å². The molecule has 5 rings (SSSR count). The largest absolute Gasteiger partial charge is 0.317 e. The predicted molar refractivity (Wildman–Crippen MR) is 112 cm³/mol. The number of aromatic nitrogens is 4. The van der Waals surface area contributed by atoms with Crippen molar-refractivity contribution < 1.29 is 4.79 Å². The van der Waals surface area contributed by atoms with Crippen molar-refractivity contribution in [1.29, 1.82) is 0 Å². The van der Waals surface area contributed by atoms with Gasteiger partial charge in [0, 0.05) is 4.75 Å². The highest BCUT2D eigenvalue weighted by atomic mass is 32.2. The Kier molecular flexibility index (Phi) is 4.22. The Labute approximate surface area is 173 Å². The fourth-order valence-electron chi connectivity index (χ4n) is 4.19. The Bertz CT molecular complexity index is 1050. The highest BCUT2D eigenvalue weighted by molar-refractivity contribution is 8.01. The van der Waals surface area contributed by atoms with Crippen LogP contribution in [-0.2, 0) is 11.3 Å². The van der Waals surface area contributed by atoms with Crippen molar-refractivity contribution in [2.24, 2.45) is 5.73 Å². The zero-order valence-electron chi connectivity index (χ0n) is 16.3. The van der Waals surface area contributed by atoms with E-state index in [0.29, 0.717) is 12.4 Å². The van der Waals surface area contributed by atoms with E-state index in [9.17, 15) is 4.79 Å². The first-order valence-corrected chi connectivity index (χ1v) is 10.5. The number of thioether (sulfide) groups is 1. The quantitative estimate of drug-likeness (QED) is 0.670. The lowest BCUT2D eigenvalue weighted by atomic mass is 9.95. The number of nitrogens with two attached hydrogens (primary N) is 1. The Morgan fingerprint density at radius 3 is 2.48 bits per heavy atom. The van der Waals surface area contributed by atoms with Crippen LogP contribution in [0, 0.1) is 0 Å². The van der Waals surface area contributed by atoms with Gasteiger partial charge in [0.2, 0.25) is 5.91 Å². The van der Waals surface area contributed by atoms with E-state index in [0.717, 1.165) is 5.56 Å². The highest BCUT2D eigenvalue weighted by Crippen LogP contribution is 2.56. The first-order chi connectivity index (χ1) is 14.0. The lowest BCUT2D eigenvalue weighted by Gasteiger charge is -2.42. The molecule has 148 valence electrons. The van der Waals surface area contributed by atoms with Gasteiger partial charge in [-0.3, -0.25) is 4.79 Å². The fraction of sp³-hybridized carbons (Fsp3) is 0.333. The molecule has 8 heteroatoms. The summed E-state index contributed by atoms with van der Waals surface area (Å²) < 4.78 is 1.59. The zero-order valence-corrected chi connectivity index (χ0v) is 17.1. The Hall–Kier alpha value is -2.71. The summed E-state index contributed by atoms with van der Waals surface area (Å²) in [6, 6.07) is 18.1. The second-order valence-corrected chi connectivity index (χ2v) is 9.81. The third-order valence-electron chi connectivity index (χ3n) is 5.68. The first-order valence-electron chi connectivity index (χ1n) is 9.62. The monoisotopic (exact) mass is 406 g/mol. The van der Waals surface area contributed by atoms with Crippen LogP contribution in [0.5, 0.6) is 0 Å². The molecule has 1 aromatic heterocycles. The molecule has 2 aliphatic heterocycles. The normalized spacial score (nSPS) is 25.0. The smallest absolute Gasteiger partial charge is 0.244 e. The molecule has 3 aromatic rings. The number of hydrogen-bond donors (Lipinski definition) is 1. The van der Waals surface area contributed by atoms with Crippen LogP contribution in [-0.4, -0.2) is 47.2 Å². The summed E-state index contributed by atoms with van der Waals surface area (Å²) in [5, 5.41) is 12.4. The van der Waals surface area contributed by atoms with Gasteiger partial charge in [-0.1, -0.05) is 54.6 Å². The Balaban J connectivity index is 1.41. The molecule has 2 unspecified atom stereocenters. The van der Waals surface area contributed by atoms with Gasteiger partial charge >= 0.3 is 0 Å². The summed E-state index contributed by atoms with van der Waals surface area (Å²) >= 11 is 1.72. The van der Waals surface area contributed by atoms with Crippen LogP contribution in [0.25, 0.3) is 11.1 Å². The molecule has 0 bridgehead atoms. The summed E-state index contributed by atoms with van der Waals surface area (Å²) in [5.41, 5.74) is 9.45. The molecule has 2 N–H and O–H groups in total. The highest BCUT2D eigenvalue weighted by Gasteiger charge is 2.62. The van der Waals surface area contributed by atoms with E-state index >= 15 is 0 Å². The molecule has 0 spiro atoms. The van der Waals surface area contributed by atoms with Crippen LogP contribution >= 0.6 is 11.8 Å². The molecule has 0 aliphatic carbocycles. The molecule has 29 heavy (non-hydrogen) atoms. The Morgan fingerprint density at radius 2 is 1.76 bits per heavy atom. The third-order valence-corrected chi connectivity index (χ3v) is 7.27. The minimum Gasteiger partial charge on any atom is -0.317 e. The third kappa shape index (κ3) is 2.94. The fourth-order valence-corrected chi connectivity index (χ4v) is 5.76. The van der Waals surface area contributed by atoms with Gasteiger partial charge in [-0.15, -0.1) is 16.9 Å². The molecule has 7 nitrogen and oxygen atoms in total. The number of amides is 1. The number of rotatable bonds is 4. The van der Waals surface area contributed by atoms with Crippen molar-refractivity contribution in [1.82, 2.24) is 25.1 Å². The maximum absolute atomic E-state index is 12.4. The van der Waals surface area contributed by atoms with Crippen LogP contribution in [0.15, 0.2) is 54.6 Å². The van der Waals surface area contributed by atoms with Gasteiger partial charge in [-0.2, -0.15) is 0 Å². The van der Waals surface area contributed by atoms with Crippen LogP contribution in [0.3, 0.4) is 0 Å². The minimum absolute atomic E-state index is 0.00203. The molecular formula is C21H22N6OS. The summed E-state index contributed by atoms with van der Waals surface area (Å²) in [6.07, 6.45) is 0. The summed E-state index contributed by atoms with van der Waals surface area (Å²) in [7, 11) is 0. The van der Waals surface area contributed by atoms with E-state index in [-0.39, 0.29) is 22.1 Å². The maximum Gasteiger partial charge on any atom is 0.244 e. The standard InChI is InChI=1S/C21H22N6OS/c1-21(2)17(27-19(28)16(22)20(27)29-21)18-23-24-25-26(18)12-13-8-10-15(11-9-13)14-6-4-3-5-7-14/h3-11,16-17,20H,12,22H2,1-2H3/t16?,17?,20-/m0/s1. The van der Waals surface area contributed by atoms with Crippen LogP contribution < -0.4 is 5.73 Å². The topological polar surface area (TPSA) is 89.9 Å². The van der Waals surface area contributed by atoms with Crippen LogP contribution in [0.4, 0.5) is 0 Å². The number of fused-ring (bicyclic) bond motifs is 1. The van der Waals surface area contributed by atoms with E-state index in [1.165, 1.54) is 11.1 Å². The molecule has 2 aliphatic rings. The molecule has 3 heterocycles. The first kappa shape index (κ1) is 18.3. The maximum atomic E-state index is 12.4. The SMILES string of the molecule is CC1(C)S[C@H]2C(N)C(=O)N2C1c1nnnn1Cc1ccc(-c2ccccc2)cc1. The minimum atomic E-state index is -0.431. The van der Waals surface area contributed by atoms with Gasteiger partial charge in [-0.25, -0.2) is 4.68 Å². The number of tetrazole rings is 1. The van der Waals surface area contributed by atoms with E-state index in [4.69, 9.17) is 5.73 Å². The molecule has 0 saturated carbocycles. The molecule has 3 atom stereocenters. The molecule has 0 radical (unpaired) electrons. The van der Waals surface area contributed by atoms with Gasteiger partial charge in [0.05, 0.1) is 6.54 Å². The summed E-state index contributed by atoms with van der Waals surface area (Å²) in [4.78, 5) is 14.2. The molecular weight excluding hydrogens is 384 g/mol. The van der Waals surface area contributed by atoms with Crippen molar-refractivity contribution in [2.75, 3.05) is 0 Å². The second kappa shape index (κ2) is 6.67. The molecule has 2 saturated heterocycles. The second-order valence-electron chi connectivity index (χ2n) is 8.04. The molecule has 2 aromatic carbocycles. The van der Waals surface area contributed by atoms with E-state index in [2.05, 4.69) is 65.8 Å². The summed E-state index contributed by atoms with van der Waals surface area (Å²) in [5.74, 6) is 0.678. The average Bonchev–Trinajstić information content (AvgIpc) is 3.28. The van der Waals surface area contributed by atoms with Crippen molar-refractivity contribution in [3.63, 3.8) is 0 Å². The summed E-state index contributed by atoms with van der Waals surface area (Å²) in [6.45, 7) is 4.79. The van der Waals surface area contributed by atoms with Crippen molar-refractivity contribution in [3.8, 4) is 11.1 Å².